The molecule has 1 aliphatic heterocycles. The van der Waals surface area contributed by atoms with Crippen LogP contribution in [0.15, 0.2) is 12.4 Å². The summed E-state index contributed by atoms with van der Waals surface area (Å²) < 4.78 is 1.63. The lowest BCUT2D eigenvalue weighted by Gasteiger charge is -2.08. The first-order chi connectivity index (χ1) is 7.25. The number of nitrogens with one attached hydrogen (secondary N) is 2. The Labute approximate surface area is 88.8 Å². The van der Waals surface area contributed by atoms with Crippen molar-refractivity contribution in [1.82, 2.24) is 20.4 Å². The van der Waals surface area contributed by atoms with Gasteiger partial charge >= 0.3 is 0 Å². The largest absolute Gasteiger partial charge is 0.352 e. The zero-order valence-electron chi connectivity index (χ0n) is 8.86. The molecule has 0 saturated carbocycles. The van der Waals surface area contributed by atoms with Crippen LogP contribution in [0.25, 0.3) is 0 Å². The van der Waals surface area contributed by atoms with E-state index >= 15 is 0 Å². The SMILES string of the molecule is Cn1cc(C(=O)NCC2CCNC2)cn1. The first-order valence-corrected chi connectivity index (χ1v) is 5.23. The minimum Gasteiger partial charge on any atom is -0.352 e. The highest BCUT2D eigenvalue weighted by molar-refractivity contribution is 5.93. The van der Waals surface area contributed by atoms with Gasteiger partial charge in [-0.2, -0.15) is 5.10 Å². The van der Waals surface area contributed by atoms with E-state index in [0.717, 1.165) is 26.1 Å². The summed E-state index contributed by atoms with van der Waals surface area (Å²) in [6, 6.07) is 0. The molecule has 0 aromatic carbocycles. The van der Waals surface area contributed by atoms with Gasteiger partial charge in [0.15, 0.2) is 0 Å². The van der Waals surface area contributed by atoms with Crippen molar-refractivity contribution in [2.45, 2.75) is 6.42 Å². The molecule has 2 N–H and O–H groups in total. The summed E-state index contributed by atoms with van der Waals surface area (Å²) in [7, 11) is 1.80. The van der Waals surface area contributed by atoms with Crippen LogP contribution < -0.4 is 10.6 Å². The number of carbonyl (C=O) groups is 1. The predicted octanol–water partition coefficient (Wildman–Crippen LogP) is -0.241. The van der Waals surface area contributed by atoms with E-state index in [1.54, 1.807) is 24.1 Å². The molecule has 1 aromatic rings. The third kappa shape index (κ3) is 2.56. The topological polar surface area (TPSA) is 59.0 Å². The average molecular weight is 208 g/mol. The Morgan fingerprint density at radius 1 is 1.80 bits per heavy atom. The van der Waals surface area contributed by atoms with E-state index in [1.165, 1.54) is 0 Å². The molecule has 1 unspecified atom stereocenters. The molecule has 5 nitrogen and oxygen atoms in total. The molecule has 2 rings (SSSR count). The zero-order chi connectivity index (χ0) is 10.7. The maximum absolute atomic E-state index is 11.6. The number of amides is 1. The summed E-state index contributed by atoms with van der Waals surface area (Å²) in [5.74, 6) is 0.542. The lowest BCUT2D eigenvalue weighted by molar-refractivity contribution is 0.0948. The van der Waals surface area contributed by atoms with Crippen molar-refractivity contribution in [1.29, 1.82) is 0 Å². The maximum atomic E-state index is 11.6. The molecule has 1 aromatic heterocycles. The average Bonchev–Trinajstić information content (AvgIpc) is 2.84. The summed E-state index contributed by atoms with van der Waals surface area (Å²) in [6.45, 7) is 2.82. The second-order valence-electron chi connectivity index (χ2n) is 3.97. The van der Waals surface area contributed by atoms with Crippen LogP contribution in [0.3, 0.4) is 0 Å². The van der Waals surface area contributed by atoms with Crippen molar-refractivity contribution >= 4 is 5.91 Å². The first kappa shape index (κ1) is 10.2. The molecule has 1 aliphatic rings. The van der Waals surface area contributed by atoms with E-state index in [1.807, 2.05) is 0 Å². The van der Waals surface area contributed by atoms with Crippen molar-refractivity contribution in [3.63, 3.8) is 0 Å². The Bertz CT molecular complexity index is 341. The standard InChI is InChI=1S/C10H16N4O/c1-14-7-9(6-13-14)10(15)12-5-8-2-3-11-4-8/h6-8,11H,2-5H2,1H3,(H,12,15). The highest BCUT2D eigenvalue weighted by Gasteiger charge is 2.15. The molecule has 0 radical (unpaired) electrons. The molecular formula is C10H16N4O. The molecule has 2 heterocycles. The van der Waals surface area contributed by atoms with E-state index in [-0.39, 0.29) is 5.91 Å². The molecule has 0 bridgehead atoms. The van der Waals surface area contributed by atoms with Gasteiger partial charge in [-0.3, -0.25) is 9.48 Å². The lowest BCUT2D eigenvalue weighted by Crippen LogP contribution is -2.29. The van der Waals surface area contributed by atoms with Crippen molar-refractivity contribution in [2.24, 2.45) is 13.0 Å². The minimum absolute atomic E-state index is 0.0324. The van der Waals surface area contributed by atoms with Crippen LogP contribution in [-0.4, -0.2) is 35.3 Å². The number of aromatic nitrogens is 2. The third-order valence-corrected chi connectivity index (χ3v) is 2.68. The minimum atomic E-state index is -0.0324. The van der Waals surface area contributed by atoms with E-state index in [4.69, 9.17) is 0 Å². The van der Waals surface area contributed by atoms with Crippen LogP contribution >= 0.6 is 0 Å². The van der Waals surface area contributed by atoms with Crippen LogP contribution in [-0.2, 0) is 7.05 Å². The molecule has 0 spiro atoms. The number of hydrogen-bond donors (Lipinski definition) is 2. The Morgan fingerprint density at radius 3 is 3.27 bits per heavy atom. The number of carbonyl (C=O) groups excluding carboxylic acids is 1. The van der Waals surface area contributed by atoms with E-state index in [0.29, 0.717) is 11.5 Å². The van der Waals surface area contributed by atoms with E-state index in [9.17, 15) is 4.79 Å². The van der Waals surface area contributed by atoms with Gasteiger partial charge in [-0.15, -0.1) is 0 Å². The summed E-state index contributed by atoms with van der Waals surface area (Å²) in [4.78, 5) is 11.6. The Hall–Kier alpha value is -1.36. The van der Waals surface area contributed by atoms with Gasteiger partial charge < -0.3 is 10.6 Å². The zero-order valence-corrected chi connectivity index (χ0v) is 8.86. The van der Waals surface area contributed by atoms with Gasteiger partial charge in [0.05, 0.1) is 11.8 Å². The molecule has 0 aliphatic carbocycles. The second kappa shape index (κ2) is 4.44. The summed E-state index contributed by atoms with van der Waals surface area (Å²) in [6.07, 6.45) is 4.46. The normalized spacial score (nSPS) is 20.5. The van der Waals surface area contributed by atoms with Crippen LogP contribution in [0.5, 0.6) is 0 Å². The van der Waals surface area contributed by atoms with Gasteiger partial charge in [-0.05, 0) is 25.4 Å². The fourth-order valence-corrected chi connectivity index (χ4v) is 1.77. The van der Waals surface area contributed by atoms with Crippen molar-refractivity contribution in [3.8, 4) is 0 Å². The van der Waals surface area contributed by atoms with Gasteiger partial charge in [-0.25, -0.2) is 0 Å². The van der Waals surface area contributed by atoms with E-state index in [2.05, 4.69) is 15.7 Å². The quantitative estimate of drug-likeness (QED) is 0.720. The monoisotopic (exact) mass is 208 g/mol. The number of hydrogen-bond acceptors (Lipinski definition) is 3. The smallest absolute Gasteiger partial charge is 0.254 e. The fraction of sp³-hybridized carbons (Fsp3) is 0.600. The van der Waals surface area contributed by atoms with Crippen LogP contribution in [0, 0.1) is 5.92 Å². The highest BCUT2D eigenvalue weighted by atomic mass is 16.1. The maximum Gasteiger partial charge on any atom is 0.254 e. The van der Waals surface area contributed by atoms with Crippen LogP contribution in [0.4, 0.5) is 0 Å². The Morgan fingerprint density at radius 2 is 2.67 bits per heavy atom. The molecular weight excluding hydrogens is 192 g/mol. The number of nitrogens with zero attached hydrogens (tertiary/aromatic N) is 2. The molecule has 1 saturated heterocycles. The van der Waals surface area contributed by atoms with Gasteiger partial charge in [-0.1, -0.05) is 0 Å². The van der Waals surface area contributed by atoms with Crippen molar-refractivity contribution in [3.05, 3.63) is 18.0 Å². The molecule has 15 heavy (non-hydrogen) atoms. The molecule has 1 atom stereocenters. The van der Waals surface area contributed by atoms with Crippen LogP contribution in [0.2, 0.25) is 0 Å². The summed E-state index contributed by atoms with van der Waals surface area (Å²) >= 11 is 0. The predicted molar refractivity (Wildman–Crippen MR) is 56.5 cm³/mol. The van der Waals surface area contributed by atoms with E-state index < -0.39 is 0 Å². The molecule has 1 fully saturated rings. The fourth-order valence-electron chi connectivity index (χ4n) is 1.77. The van der Waals surface area contributed by atoms with Crippen molar-refractivity contribution in [2.75, 3.05) is 19.6 Å². The number of aryl methyl sites for hydroxylation is 1. The first-order valence-electron chi connectivity index (χ1n) is 5.23. The lowest BCUT2D eigenvalue weighted by atomic mass is 10.1. The second-order valence-corrected chi connectivity index (χ2v) is 3.97. The molecule has 1 amide bonds. The summed E-state index contributed by atoms with van der Waals surface area (Å²) in [5, 5.41) is 10.2. The van der Waals surface area contributed by atoms with Gasteiger partial charge in [0.2, 0.25) is 0 Å². The van der Waals surface area contributed by atoms with Crippen LogP contribution in [0.1, 0.15) is 16.8 Å². The molecule has 5 heteroatoms. The summed E-state index contributed by atoms with van der Waals surface area (Å²) in [5.41, 5.74) is 0.628. The Balaban J connectivity index is 1.81. The highest BCUT2D eigenvalue weighted by Crippen LogP contribution is 2.05. The third-order valence-electron chi connectivity index (χ3n) is 2.68. The van der Waals surface area contributed by atoms with Gasteiger partial charge in [0, 0.05) is 19.8 Å². The van der Waals surface area contributed by atoms with Gasteiger partial charge in [0.1, 0.15) is 0 Å². The molecule has 82 valence electrons. The number of rotatable bonds is 3. The van der Waals surface area contributed by atoms with Gasteiger partial charge in [0.25, 0.3) is 5.91 Å². The Kier molecular flexibility index (Phi) is 3.01. The van der Waals surface area contributed by atoms with Crippen molar-refractivity contribution < 1.29 is 4.79 Å².